The standard InChI is InChI=1S/C12H10ClN3O2/c13-6-1-2-7-8(3-6)15-9(4-17)11(7)10-5-18-12(14)16-10/h1-3,5,15,17H,4H2,(H2,14,16). The molecular weight excluding hydrogens is 254 g/mol. The number of aromatic amines is 1. The molecule has 0 atom stereocenters. The van der Waals surface area contributed by atoms with Crippen LogP contribution in [-0.2, 0) is 6.61 Å². The SMILES string of the molecule is Nc1nc(-c2c(CO)[nH]c3cc(Cl)ccc23)co1. The van der Waals surface area contributed by atoms with Crippen molar-refractivity contribution in [3.8, 4) is 11.3 Å². The minimum atomic E-state index is -0.131. The number of fused-ring (bicyclic) bond motifs is 1. The number of nitrogens with two attached hydrogens (primary N) is 1. The number of halogens is 1. The number of aliphatic hydroxyl groups is 1. The van der Waals surface area contributed by atoms with E-state index in [1.54, 1.807) is 12.1 Å². The molecule has 5 nitrogen and oxygen atoms in total. The Morgan fingerprint density at radius 2 is 2.28 bits per heavy atom. The van der Waals surface area contributed by atoms with Gasteiger partial charge in [-0.1, -0.05) is 17.7 Å². The Morgan fingerprint density at radius 3 is 2.94 bits per heavy atom. The fourth-order valence-corrected chi connectivity index (χ4v) is 2.21. The van der Waals surface area contributed by atoms with E-state index in [1.807, 2.05) is 6.07 Å². The van der Waals surface area contributed by atoms with Crippen LogP contribution < -0.4 is 5.73 Å². The third kappa shape index (κ3) is 1.64. The van der Waals surface area contributed by atoms with E-state index in [9.17, 15) is 5.11 Å². The van der Waals surface area contributed by atoms with Gasteiger partial charge in [-0.2, -0.15) is 4.98 Å². The zero-order valence-corrected chi connectivity index (χ0v) is 10.0. The van der Waals surface area contributed by atoms with E-state index < -0.39 is 0 Å². The van der Waals surface area contributed by atoms with Gasteiger partial charge in [0.25, 0.3) is 6.01 Å². The van der Waals surface area contributed by atoms with Crippen LogP contribution in [0.15, 0.2) is 28.9 Å². The number of rotatable bonds is 2. The van der Waals surface area contributed by atoms with Gasteiger partial charge >= 0.3 is 0 Å². The fourth-order valence-electron chi connectivity index (χ4n) is 2.04. The molecule has 2 aromatic heterocycles. The summed E-state index contributed by atoms with van der Waals surface area (Å²) in [6, 6.07) is 5.54. The number of H-pyrrole nitrogens is 1. The molecule has 0 amide bonds. The lowest BCUT2D eigenvalue weighted by Gasteiger charge is -1.97. The van der Waals surface area contributed by atoms with Crippen molar-refractivity contribution in [2.45, 2.75) is 6.61 Å². The molecule has 3 aromatic rings. The summed E-state index contributed by atoms with van der Waals surface area (Å²) in [7, 11) is 0. The van der Waals surface area contributed by atoms with Gasteiger partial charge in [0.2, 0.25) is 0 Å². The molecule has 0 bridgehead atoms. The molecule has 0 fully saturated rings. The lowest BCUT2D eigenvalue weighted by Crippen LogP contribution is -1.88. The van der Waals surface area contributed by atoms with Crippen LogP contribution in [0.1, 0.15) is 5.69 Å². The van der Waals surface area contributed by atoms with E-state index in [0.717, 1.165) is 16.5 Å². The summed E-state index contributed by atoms with van der Waals surface area (Å²) in [5.41, 5.74) is 8.33. The normalized spacial score (nSPS) is 11.2. The molecule has 2 heterocycles. The number of aromatic nitrogens is 2. The van der Waals surface area contributed by atoms with Gasteiger partial charge in [-0.3, -0.25) is 0 Å². The summed E-state index contributed by atoms with van der Waals surface area (Å²) in [5, 5.41) is 10.9. The Hall–Kier alpha value is -1.98. The van der Waals surface area contributed by atoms with E-state index >= 15 is 0 Å². The van der Waals surface area contributed by atoms with Gasteiger partial charge in [0.15, 0.2) is 0 Å². The van der Waals surface area contributed by atoms with Crippen LogP contribution in [0.3, 0.4) is 0 Å². The van der Waals surface area contributed by atoms with Crippen molar-refractivity contribution in [3.05, 3.63) is 35.2 Å². The van der Waals surface area contributed by atoms with Gasteiger partial charge in [0.1, 0.15) is 12.0 Å². The van der Waals surface area contributed by atoms with Crippen molar-refractivity contribution in [3.63, 3.8) is 0 Å². The van der Waals surface area contributed by atoms with Crippen LogP contribution in [0, 0.1) is 0 Å². The highest BCUT2D eigenvalue weighted by Gasteiger charge is 2.16. The first kappa shape index (κ1) is 11.1. The summed E-state index contributed by atoms with van der Waals surface area (Å²) < 4.78 is 5.01. The monoisotopic (exact) mass is 263 g/mol. The topological polar surface area (TPSA) is 88.1 Å². The number of benzene rings is 1. The smallest absolute Gasteiger partial charge is 0.292 e. The highest BCUT2D eigenvalue weighted by atomic mass is 35.5. The molecule has 0 unspecified atom stereocenters. The molecule has 92 valence electrons. The zero-order chi connectivity index (χ0) is 12.7. The predicted molar refractivity (Wildman–Crippen MR) is 69.1 cm³/mol. The molecule has 0 radical (unpaired) electrons. The van der Waals surface area contributed by atoms with Gasteiger partial charge in [-0.25, -0.2) is 0 Å². The Kier molecular flexibility index (Phi) is 2.50. The average Bonchev–Trinajstić information content (AvgIpc) is 2.91. The molecule has 0 aliphatic rings. The fraction of sp³-hybridized carbons (Fsp3) is 0.0833. The van der Waals surface area contributed by atoms with Crippen LogP contribution in [0.2, 0.25) is 5.02 Å². The second kappa shape index (κ2) is 4.04. The van der Waals surface area contributed by atoms with Gasteiger partial charge in [-0.05, 0) is 12.1 Å². The van der Waals surface area contributed by atoms with E-state index in [-0.39, 0.29) is 12.6 Å². The molecule has 4 N–H and O–H groups in total. The number of oxazole rings is 1. The van der Waals surface area contributed by atoms with Gasteiger partial charge in [0, 0.05) is 21.5 Å². The highest BCUT2D eigenvalue weighted by molar-refractivity contribution is 6.31. The third-order valence-electron chi connectivity index (χ3n) is 2.77. The zero-order valence-electron chi connectivity index (χ0n) is 9.27. The van der Waals surface area contributed by atoms with Crippen molar-refractivity contribution in [1.29, 1.82) is 0 Å². The lowest BCUT2D eigenvalue weighted by molar-refractivity contribution is 0.278. The number of nitrogens with zero attached hydrogens (tertiary/aromatic N) is 1. The quantitative estimate of drug-likeness (QED) is 0.663. The van der Waals surface area contributed by atoms with Crippen LogP contribution >= 0.6 is 11.6 Å². The number of hydrogen-bond acceptors (Lipinski definition) is 4. The van der Waals surface area contributed by atoms with E-state index in [4.69, 9.17) is 21.8 Å². The van der Waals surface area contributed by atoms with Crippen LogP contribution in [-0.4, -0.2) is 15.1 Å². The second-order valence-corrected chi connectivity index (χ2v) is 4.33. The van der Waals surface area contributed by atoms with Crippen molar-refractivity contribution in [2.75, 3.05) is 5.73 Å². The van der Waals surface area contributed by atoms with E-state index in [1.165, 1.54) is 6.26 Å². The summed E-state index contributed by atoms with van der Waals surface area (Å²) in [5.74, 6) is 0. The Morgan fingerprint density at radius 1 is 1.44 bits per heavy atom. The molecule has 18 heavy (non-hydrogen) atoms. The second-order valence-electron chi connectivity index (χ2n) is 3.90. The number of nitrogens with one attached hydrogen (secondary N) is 1. The first-order valence-corrected chi connectivity index (χ1v) is 5.69. The van der Waals surface area contributed by atoms with Gasteiger partial charge in [-0.15, -0.1) is 0 Å². The average molecular weight is 264 g/mol. The summed E-state index contributed by atoms with van der Waals surface area (Å²) in [6.07, 6.45) is 1.46. The molecular formula is C12H10ClN3O2. The maximum atomic E-state index is 9.40. The third-order valence-corrected chi connectivity index (χ3v) is 3.01. The number of hydrogen-bond donors (Lipinski definition) is 3. The van der Waals surface area contributed by atoms with E-state index in [0.29, 0.717) is 16.4 Å². The summed E-state index contributed by atoms with van der Waals surface area (Å²) >= 11 is 5.94. The van der Waals surface area contributed by atoms with Gasteiger partial charge in [0.05, 0.1) is 12.3 Å². The van der Waals surface area contributed by atoms with Crippen LogP contribution in [0.5, 0.6) is 0 Å². The first-order valence-electron chi connectivity index (χ1n) is 5.31. The minimum Gasteiger partial charge on any atom is -0.432 e. The van der Waals surface area contributed by atoms with Crippen molar-refractivity contribution in [2.24, 2.45) is 0 Å². The van der Waals surface area contributed by atoms with E-state index in [2.05, 4.69) is 9.97 Å². The maximum absolute atomic E-state index is 9.40. The van der Waals surface area contributed by atoms with Crippen molar-refractivity contribution in [1.82, 2.24) is 9.97 Å². The maximum Gasteiger partial charge on any atom is 0.292 e. The molecule has 0 saturated carbocycles. The Labute approximate surface area is 107 Å². The van der Waals surface area contributed by atoms with Crippen molar-refractivity contribution < 1.29 is 9.52 Å². The summed E-state index contributed by atoms with van der Waals surface area (Å²) in [4.78, 5) is 7.19. The molecule has 0 saturated heterocycles. The molecule has 0 aliphatic heterocycles. The molecule has 3 rings (SSSR count). The van der Waals surface area contributed by atoms with Crippen molar-refractivity contribution >= 4 is 28.5 Å². The minimum absolute atomic E-state index is 0.0946. The lowest BCUT2D eigenvalue weighted by atomic mass is 10.1. The molecule has 0 spiro atoms. The number of anilines is 1. The largest absolute Gasteiger partial charge is 0.432 e. The number of aliphatic hydroxyl groups excluding tert-OH is 1. The van der Waals surface area contributed by atoms with Gasteiger partial charge < -0.3 is 20.2 Å². The first-order chi connectivity index (χ1) is 8.69. The summed E-state index contributed by atoms with van der Waals surface area (Å²) in [6.45, 7) is -0.131. The Bertz CT molecular complexity index is 717. The molecule has 6 heteroatoms. The molecule has 1 aromatic carbocycles. The number of nitrogen functional groups attached to an aromatic ring is 1. The van der Waals surface area contributed by atoms with Crippen LogP contribution in [0.25, 0.3) is 22.2 Å². The predicted octanol–water partition coefficient (Wildman–Crippen LogP) is 2.55. The Balaban J connectivity index is 2.32. The highest BCUT2D eigenvalue weighted by Crippen LogP contribution is 2.33. The van der Waals surface area contributed by atoms with Crippen LogP contribution in [0.4, 0.5) is 6.01 Å². The molecule has 0 aliphatic carbocycles.